The van der Waals surface area contributed by atoms with Crippen molar-refractivity contribution in [2.24, 2.45) is 10.9 Å². The Morgan fingerprint density at radius 1 is 1.24 bits per heavy atom. The van der Waals surface area contributed by atoms with E-state index in [2.05, 4.69) is 61.3 Å². The Bertz CT molecular complexity index is 1060. The van der Waals surface area contributed by atoms with Crippen LogP contribution in [0.15, 0.2) is 52.3 Å². The Hall–Kier alpha value is -2.62. The lowest BCUT2D eigenvalue weighted by atomic mass is 9.86. The molecule has 1 fully saturated rings. The maximum absolute atomic E-state index is 5.83. The van der Waals surface area contributed by atoms with Crippen molar-refractivity contribution in [3.05, 3.63) is 64.8 Å². The number of fused-ring (bicyclic) bond motifs is 2. The summed E-state index contributed by atoms with van der Waals surface area (Å²) in [5.41, 5.74) is 5.61. The van der Waals surface area contributed by atoms with Crippen LogP contribution in [0.25, 0.3) is 17.2 Å². The van der Waals surface area contributed by atoms with E-state index >= 15 is 0 Å². The lowest BCUT2D eigenvalue weighted by molar-refractivity contribution is 0.517. The van der Waals surface area contributed by atoms with Crippen LogP contribution in [-0.4, -0.2) is 10.2 Å². The fourth-order valence-electron chi connectivity index (χ4n) is 3.82. The highest BCUT2D eigenvalue weighted by Crippen LogP contribution is 2.56. The van der Waals surface area contributed by atoms with Gasteiger partial charge in [-0.2, -0.15) is 5.10 Å². The minimum Gasteiger partial charge on any atom is -0.462 e. The molecule has 3 aromatic rings. The van der Waals surface area contributed by atoms with Crippen molar-refractivity contribution < 1.29 is 5.84 Å². The molecule has 1 aliphatic heterocycles. The second-order valence-corrected chi connectivity index (χ2v) is 8.19. The van der Waals surface area contributed by atoms with Crippen molar-refractivity contribution in [1.29, 1.82) is 0 Å². The summed E-state index contributed by atoms with van der Waals surface area (Å²) in [5, 5.41) is 7.99. The Balaban J connectivity index is 0.00000168. The molecule has 2 aliphatic rings. The number of furan rings is 1. The predicted molar refractivity (Wildman–Crippen MR) is 98.6 cm³/mol. The summed E-state index contributed by atoms with van der Waals surface area (Å²) in [6.45, 7) is 6.69. The quantitative estimate of drug-likeness (QED) is 0.780. The molecule has 1 N–H and O–H groups in total. The van der Waals surface area contributed by atoms with Gasteiger partial charge in [-0.3, -0.25) is 10.1 Å². The van der Waals surface area contributed by atoms with E-state index in [-0.39, 0.29) is 12.4 Å². The summed E-state index contributed by atoms with van der Waals surface area (Å²) in [6.07, 6.45) is 8.94. The molecule has 1 aromatic carbocycles. The van der Waals surface area contributed by atoms with E-state index in [4.69, 9.17) is 9.41 Å². The average Bonchev–Trinajstić information content (AvgIpc) is 2.95. The van der Waals surface area contributed by atoms with Gasteiger partial charge in [-0.25, -0.2) is 0 Å². The standard InChI is InChI=1S/C21H21N3O.H2/c1-20(2,3)14-6-4-13(5-7-14)17-12-25-18-8-15-9-21(15,24-19(17)18)16-10-22-23-11-16;/h4-8,10-12,15H,9H2,1-3H3,(H,22,23);1H. The maximum atomic E-state index is 5.83. The molecular formula is C21H23N3O. The summed E-state index contributed by atoms with van der Waals surface area (Å²) in [6, 6.07) is 8.75. The summed E-state index contributed by atoms with van der Waals surface area (Å²) in [4.78, 5) is 5.12. The fraction of sp³-hybridized carbons (Fsp3) is 0.333. The van der Waals surface area contributed by atoms with Gasteiger partial charge in [-0.05, 0) is 29.0 Å². The predicted octanol–water partition coefficient (Wildman–Crippen LogP) is 3.54. The van der Waals surface area contributed by atoms with E-state index < -0.39 is 0 Å². The molecule has 0 spiro atoms. The van der Waals surface area contributed by atoms with Gasteiger partial charge in [0.1, 0.15) is 17.0 Å². The third-order valence-electron chi connectivity index (χ3n) is 5.50. The maximum Gasteiger partial charge on any atom is 0.148 e. The molecule has 0 radical (unpaired) electrons. The van der Waals surface area contributed by atoms with Crippen LogP contribution >= 0.6 is 0 Å². The highest BCUT2D eigenvalue weighted by atomic mass is 16.3. The van der Waals surface area contributed by atoms with Crippen LogP contribution in [0.2, 0.25) is 0 Å². The number of aromatic amines is 1. The van der Waals surface area contributed by atoms with Crippen molar-refractivity contribution in [2.45, 2.75) is 38.1 Å². The van der Waals surface area contributed by atoms with Crippen molar-refractivity contribution in [2.75, 3.05) is 0 Å². The molecule has 2 aromatic heterocycles. The third-order valence-corrected chi connectivity index (χ3v) is 5.50. The van der Waals surface area contributed by atoms with E-state index in [1.165, 1.54) is 5.56 Å². The zero-order chi connectivity index (χ0) is 17.2. The van der Waals surface area contributed by atoms with Crippen LogP contribution in [0.1, 0.15) is 39.7 Å². The van der Waals surface area contributed by atoms with Gasteiger partial charge in [-0.1, -0.05) is 45.0 Å². The first kappa shape index (κ1) is 14.7. The monoisotopic (exact) mass is 333 g/mol. The highest BCUT2D eigenvalue weighted by molar-refractivity contribution is 5.64. The zero-order valence-corrected chi connectivity index (χ0v) is 14.7. The molecule has 4 nitrogen and oxygen atoms in total. The number of nitrogens with one attached hydrogen (secondary N) is 1. The van der Waals surface area contributed by atoms with Gasteiger partial charge in [0.25, 0.3) is 0 Å². The van der Waals surface area contributed by atoms with Gasteiger partial charge in [0.15, 0.2) is 0 Å². The van der Waals surface area contributed by atoms with Crippen LogP contribution in [0.3, 0.4) is 0 Å². The summed E-state index contributed by atoms with van der Waals surface area (Å²) < 4.78 is 5.83. The smallest absolute Gasteiger partial charge is 0.148 e. The molecule has 2 unspecified atom stereocenters. The molecule has 1 aliphatic carbocycles. The molecule has 5 rings (SSSR count). The van der Waals surface area contributed by atoms with Crippen LogP contribution in [0.5, 0.6) is 0 Å². The number of rotatable bonds is 2. The fourth-order valence-corrected chi connectivity index (χ4v) is 3.82. The summed E-state index contributed by atoms with van der Waals surface area (Å²) in [5.74, 6) is 0.417. The normalized spacial score (nSPS) is 24.0. The minimum atomic E-state index is -0.149. The first-order valence-corrected chi connectivity index (χ1v) is 8.77. The molecule has 128 valence electrons. The van der Waals surface area contributed by atoms with E-state index in [0.717, 1.165) is 33.9 Å². The van der Waals surface area contributed by atoms with Crippen LogP contribution in [0.4, 0.5) is 0 Å². The molecule has 1 saturated carbocycles. The topological polar surface area (TPSA) is 54.2 Å². The van der Waals surface area contributed by atoms with Crippen molar-refractivity contribution >= 4 is 6.08 Å². The van der Waals surface area contributed by atoms with E-state index in [1.807, 2.05) is 18.7 Å². The van der Waals surface area contributed by atoms with Crippen molar-refractivity contribution in [3.63, 3.8) is 0 Å². The zero-order valence-electron chi connectivity index (χ0n) is 14.7. The molecule has 0 saturated heterocycles. The number of nitrogens with zero attached hydrogens (tertiary/aromatic N) is 2. The lowest BCUT2D eigenvalue weighted by Gasteiger charge is -2.19. The van der Waals surface area contributed by atoms with E-state index in [1.54, 1.807) is 0 Å². The number of hydrogen-bond donors (Lipinski definition) is 1. The molecule has 4 heteroatoms. The Kier molecular flexibility index (Phi) is 2.77. The van der Waals surface area contributed by atoms with Gasteiger partial charge in [0.2, 0.25) is 0 Å². The second kappa shape index (κ2) is 4.72. The molecule has 0 bridgehead atoms. The molecule has 3 heterocycles. The summed E-state index contributed by atoms with van der Waals surface area (Å²) >= 11 is 0. The molecular weight excluding hydrogens is 310 g/mol. The van der Waals surface area contributed by atoms with E-state index in [0.29, 0.717) is 5.92 Å². The van der Waals surface area contributed by atoms with Gasteiger partial charge in [0.05, 0.1) is 11.7 Å². The first-order valence-electron chi connectivity index (χ1n) is 8.77. The first-order chi connectivity index (χ1) is 12.0. The third kappa shape index (κ3) is 2.13. The van der Waals surface area contributed by atoms with E-state index in [9.17, 15) is 0 Å². The van der Waals surface area contributed by atoms with Crippen LogP contribution in [-0.2, 0) is 11.0 Å². The van der Waals surface area contributed by atoms with Gasteiger partial charge in [0, 0.05) is 24.7 Å². The number of H-pyrrole nitrogens is 1. The van der Waals surface area contributed by atoms with Gasteiger partial charge >= 0.3 is 0 Å². The average molecular weight is 333 g/mol. The summed E-state index contributed by atoms with van der Waals surface area (Å²) in [7, 11) is 0. The number of benzene rings is 1. The minimum absolute atomic E-state index is 0. The largest absolute Gasteiger partial charge is 0.462 e. The SMILES string of the molecule is CC(C)(C)c1ccc(-c2coc3c2=NC2(c4cn[nH]c4)CC2C=3)cc1.[HH]. The molecule has 25 heavy (non-hydrogen) atoms. The van der Waals surface area contributed by atoms with Gasteiger partial charge < -0.3 is 4.42 Å². The Labute approximate surface area is 147 Å². The second-order valence-electron chi connectivity index (χ2n) is 8.19. The number of hydrogen-bond acceptors (Lipinski definition) is 3. The highest BCUT2D eigenvalue weighted by Gasteiger charge is 2.56. The van der Waals surface area contributed by atoms with Crippen LogP contribution < -0.4 is 10.8 Å². The molecule has 0 amide bonds. The van der Waals surface area contributed by atoms with Crippen molar-refractivity contribution in [1.82, 2.24) is 10.2 Å². The number of aromatic nitrogens is 2. The Morgan fingerprint density at radius 2 is 2.04 bits per heavy atom. The lowest BCUT2D eigenvalue weighted by Crippen LogP contribution is -2.29. The molecule has 2 atom stereocenters. The van der Waals surface area contributed by atoms with Gasteiger partial charge in [-0.15, -0.1) is 0 Å². The Morgan fingerprint density at radius 3 is 2.72 bits per heavy atom. The van der Waals surface area contributed by atoms with Crippen molar-refractivity contribution in [3.8, 4) is 11.1 Å². The van der Waals surface area contributed by atoms with Crippen LogP contribution in [0, 0.1) is 5.92 Å².